The molecular weight excluding hydrogens is 467 g/mol. The van der Waals surface area contributed by atoms with Gasteiger partial charge < -0.3 is 15.5 Å². The van der Waals surface area contributed by atoms with Gasteiger partial charge in [0, 0.05) is 49.8 Å². The number of nitrogens with one attached hydrogen (secondary N) is 2. The van der Waals surface area contributed by atoms with Gasteiger partial charge in [0.25, 0.3) is 0 Å². The number of aromatic nitrogens is 5. The highest BCUT2D eigenvalue weighted by Gasteiger charge is 2.30. The Balaban J connectivity index is 1.47. The quantitative estimate of drug-likeness (QED) is 0.392. The highest BCUT2D eigenvalue weighted by Crippen LogP contribution is 2.46. The second kappa shape index (κ2) is 8.98. The minimum atomic E-state index is -0.448. The SMILES string of the molecule is Cc1ccc(F)c(Nc2cc(-c3nc(N4CCNCC4)c4c(C5CC5)cnc(Cl)c4n3)ccn2)n1. The largest absolute Gasteiger partial charge is 0.353 e. The van der Waals surface area contributed by atoms with Gasteiger partial charge in [-0.2, -0.15) is 0 Å². The Labute approximate surface area is 207 Å². The van der Waals surface area contributed by atoms with Crippen molar-refractivity contribution in [3.05, 3.63) is 58.9 Å². The van der Waals surface area contributed by atoms with Crippen LogP contribution in [0.25, 0.3) is 22.3 Å². The number of aryl methyl sites for hydroxylation is 1. The van der Waals surface area contributed by atoms with Gasteiger partial charge in [0.1, 0.15) is 17.2 Å². The van der Waals surface area contributed by atoms with Gasteiger partial charge in [0.05, 0.1) is 5.39 Å². The molecule has 1 aliphatic carbocycles. The van der Waals surface area contributed by atoms with E-state index in [-0.39, 0.29) is 5.82 Å². The molecular formula is C25H24ClFN8. The summed E-state index contributed by atoms with van der Waals surface area (Å²) in [6, 6.07) is 6.63. The van der Waals surface area contributed by atoms with E-state index < -0.39 is 5.82 Å². The van der Waals surface area contributed by atoms with Crippen LogP contribution in [-0.4, -0.2) is 51.1 Å². The number of hydrogen-bond donors (Lipinski definition) is 2. The average Bonchev–Trinajstić information content (AvgIpc) is 3.72. The van der Waals surface area contributed by atoms with Gasteiger partial charge in [-0.3, -0.25) is 0 Å². The zero-order valence-electron chi connectivity index (χ0n) is 19.2. The molecule has 2 aliphatic rings. The lowest BCUT2D eigenvalue weighted by molar-refractivity contribution is 0.586. The van der Waals surface area contributed by atoms with Crippen LogP contribution >= 0.6 is 11.6 Å². The molecule has 1 saturated carbocycles. The summed E-state index contributed by atoms with van der Waals surface area (Å²) in [6.45, 7) is 5.27. The summed E-state index contributed by atoms with van der Waals surface area (Å²) in [6.07, 6.45) is 5.81. The summed E-state index contributed by atoms with van der Waals surface area (Å²) >= 11 is 6.59. The Morgan fingerprint density at radius 2 is 1.91 bits per heavy atom. The Hall–Kier alpha value is -3.43. The highest BCUT2D eigenvalue weighted by molar-refractivity contribution is 6.34. The van der Waals surface area contributed by atoms with E-state index in [1.54, 1.807) is 18.3 Å². The molecule has 4 aromatic rings. The van der Waals surface area contributed by atoms with E-state index in [4.69, 9.17) is 21.6 Å². The van der Waals surface area contributed by atoms with Gasteiger partial charge in [0.15, 0.2) is 22.6 Å². The van der Waals surface area contributed by atoms with Gasteiger partial charge in [-0.25, -0.2) is 29.3 Å². The van der Waals surface area contributed by atoms with Gasteiger partial charge >= 0.3 is 0 Å². The number of nitrogens with zero attached hydrogens (tertiary/aromatic N) is 6. The molecule has 1 saturated heterocycles. The smallest absolute Gasteiger partial charge is 0.168 e. The first-order valence-electron chi connectivity index (χ1n) is 11.8. The van der Waals surface area contributed by atoms with Crippen LogP contribution in [0.5, 0.6) is 0 Å². The van der Waals surface area contributed by atoms with Crippen molar-refractivity contribution in [3.8, 4) is 11.4 Å². The van der Waals surface area contributed by atoms with E-state index in [0.717, 1.165) is 55.8 Å². The molecule has 5 heterocycles. The maximum absolute atomic E-state index is 14.3. The van der Waals surface area contributed by atoms with E-state index in [1.165, 1.54) is 11.6 Å². The van der Waals surface area contributed by atoms with Crippen LogP contribution in [0.15, 0.2) is 36.7 Å². The first kappa shape index (κ1) is 22.1. The molecule has 2 N–H and O–H groups in total. The Kier molecular flexibility index (Phi) is 5.66. The molecule has 0 amide bonds. The monoisotopic (exact) mass is 490 g/mol. The number of halogens is 2. The molecule has 10 heteroatoms. The van der Waals surface area contributed by atoms with Crippen molar-refractivity contribution >= 4 is 40.0 Å². The van der Waals surface area contributed by atoms with Crippen LogP contribution < -0.4 is 15.5 Å². The summed E-state index contributed by atoms with van der Waals surface area (Å²) < 4.78 is 14.3. The maximum Gasteiger partial charge on any atom is 0.168 e. The number of pyridine rings is 3. The number of piperazine rings is 1. The van der Waals surface area contributed by atoms with E-state index in [1.807, 2.05) is 19.2 Å². The second-order valence-electron chi connectivity index (χ2n) is 8.95. The molecule has 4 aromatic heterocycles. The van der Waals surface area contributed by atoms with Crippen molar-refractivity contribution in [1.82, 2.24) is 30.2 Å². The van der Waals surface area contributed by atoms with E-state index in [9.17, 15) is 4.39 Å². The minimum absolute atomic E-state index is 0.122. The molecule has 0 radical (unpaired) electrons. The first-order chi connectivity index (χ1) is 17.1. The average molecular weight is 491 g/mol. The van der Waals surface area contributed by atoms with Gasteiger partial charge in [-0.05, 0) is 55.5 Å². The first-order valence-corrected chi connectivity index (χ1v) is 12.1. The van der Waals surface area contributed by atoms with Crippen molar-refractivity contribution in [2.75, 3.05) is 36.4 Å². The number of rotatable bonds is 5. The lowest BCUT2D eigenvalue weighted by Crippen LogP contribution is -2.44. The highest BCUT2D eigenvalue weighted by atomic mass is 35.5. The predicted octanol–water partition coefficient (Wildman–Crippen LogP) is 4.61. The summed E-state index contributed by atoms with van der Waals surface area (Å²) in [5.41, 5.74) is 3.27. The van der Waals surface area contributed by atoms with Gasteiger partial charge in [-0.1, -0.05) is 11.6 Å². The standard InChI is InChI=1S/C25H24ClFN8/c1-14-2-5-18(27)24(31-14)32-19-12-16(6-7-29-19)23-33-21-20(17(15-3-4-15)13-30-22(21)26)25(34-23)35-10-8-28-9-11-35/h2,5-7,12-13,15,28H,3-4,8-11H2,1H3,(H,29,31,32). The number of hydrogen-bond acceptors (Lipinski definition) is 8. The van der Waals surface area contributed by atoms with E-state index >= 15 is 0 Å². The molecule has 1 aliphatic heterocycles. The van der Waals surface area contributed by atoms with Crippen molar-refractivity contribution < 1.29 is 4.39 Å². The summed E-state index contributed by atoms with van der Waals surface area (Å²) in [5.74, 6) is 2.00. The molecule has 0 bridgehead atoms. The Morgan fingerprint density at radius 3 is 2.71 bits per heavy atom. The summed E-state index contributed by atoms with van der Waals surface area (Å²) in [4.78, 5) is 25.2. The van der Waals surface area contributed by atoms with Crippen LogP contribution in [0, 0.1) is 12.7 Å². The molecule has 0 aromatic carbocycles. The van der Waals surface area contributed by atoms with Crippen molar-refractivity contribution in [3.63, 3.8) is 0 Å². The molecule has 0 unspecified atom stereocenters. The van der Waals surface area contributed by atoms with Crippen LogP contribution in [0.1, 0.15) is 30.0 Å². The van der Waals surface area contributed by atoms with Crippen LogP contribution in [0.3, 0.4) is 0 Å². The van der Waals surface area contributed by atoms with Crippen LogP contribution in [-0.2, 0) is 0 Å². The van der Waals surface area contributed by atoms with Crippen molar-refractivity contribution in [1.29, 1.82) is 0 Å². The zero-order chi connectivity index (χ0) is 23.9. The Bertz CT molecular complexity index is 1420. The Morgan fingerprint density at radius 1 is 1.09 bits per heavy atom. The summed E-state index contributed by atoms with van der Waals surface area (Å²) in [7, 11) is 0. The third-order valence-electron chi connectivity index (χ3n) is 6.37. The third-order valence-corrected chi connectivity index (χ3v) is 6.65. The maximum atomic E-state index is 14.3. The topological polar surface area (TPSA) is 91.8 Å². The number of fused-ring (bicyclic) bond motifs is 1. The molecule has 6 rings (SSSR count). The van der Waals surface area contributed by atoms with Crippen LogP contribution in [0.4, 0.5) is 21.8 Å². The lowest BCUT2D eigenvalue weighted by Gasteiger charge is -2.30. The van der Waals surface area contributed by atoms with Gasteiger partial charge in [0.2, 0.25) is 0 Å². The van der Waals surface area contributed by atoms with Gasteiger partial charge in [-0.15, -0.1) is 0 Å². The van der Waals surface area contributed by atoms with Crippen molar-refractivity contribution in [2.45, 2.75) is 25.7 Å². The summed E-state index contributed by atoms with van der Waals surface area (Å²) in [5, 5.41) is 7.74. The fourth-order valence-electron chi connectivity index (χ4n) is 4.44. The fraction of sp³-hybridized carbons (Fsp3) is 0.320. The molecule has 178 valence electrons. The number of anilines is 3. The molecule has 0 atom stereocenters. The lowest BCUT2D eigenvalue weighted by atomic mass is 10.1. The normalized spacial score (nSPS) is 16.0. The molecule has 8 nitrogen and oxygen atoms in total. The minimum Gasteiger partial charge on any atom is -0.353 e. The predicted molar refractivity (Wildman–Crippen MR) is 135 cm³/mol. The van der Waals surface area contributed by atoms with Crippen LogP contribution in [0.2, 0.25) is 5.15 Å². The zero-order valence-corrected chi connectivity index (χ0v) is 20.0. The second-order valence-corrected chi connectivity index (χ2v) is 9.31. The molecule has 2 fully saturated rings. The molecule has 35 heavy (non-hydrogen) atoms. The fourth-order valence-corrected chi connectivity index (χ4v) is 4.63. The molecule has 0 spiro atoms. The van der Waals surface area contributed by atoms with E-state index in [2.05, 4.69) is 30.5 Å². The van der Waals surface area contributed by atoms with Crippen molar-refractivity contribution in [2.24, 2.45) is 0 Å². The van der Waals surface area contributed by atoms with E-state index in [0.29, 0.717) is 33.9 Å². The third kappa shape index (κ3) is 4.37.